The first kappa shape index (κ1) is 17.4. The molecular weight excluding hydrogens is 306 g/mol. The predicted molar refractivity (Wildman–Crippen MR) is 91.2 cm³/mol. The summed E-state index contributed by atoms with van der Waals surface area (Å²) >= 11 is 0. The van der Waals surface area contributed by atoms with Crippen LogP contribution in [0.4, 0.5) is 0 Å². The fourth-order valence-electron chi connectivity index (χ4n) is 2.11. The van der Waals surface area contributed by atoms with Crippen molar-refractivity contribution in [2.45, 2.75) is 12.1 Å². The molecule has 0 aliphatic rings. The first-order valence-electron chi connectivity index (χ1n) is 7.47. The van der Waals surface area contributed by atoms with Crippen LogP contribution in [-0.4, -0.2) is 36.2 Å². The number of amides is 1. The van der Waals surface area contributed by atoms with Crippen LogP contribution in [0.25, 0.3) is 6.08 Å². The smallest absolute Gasteiger partial charge is 0.331 e. The molecule has 0 aliphatic carbocycles. The van der Waals surface area contributed by atoms with Crippen LogP contribution in [-0.2, 0) is 9.53 Å². The van der Waals surface area contributed by atoms with Crippen molar-refractivity contribution in [3.8, 4) is 0 Å². The van der Waals surface area contributed by atoms with Gasteiger partial charge in [0.1, 0.15) is 6.10 Å². The van der Waals surface area contributed by atoms with E-state index in [-0.39, 0.29) is 0 Å². The number of ether oxygens (including phenoxy) is 1. The van der Waals surface area contributed by atoms with Crippen LogP contribution in [0.3, 0.4) is 0 Å². The molecule has 1 amide bonds. The lowest BCUT2D eigenvalue weighted by molar-refractivity contribution is -0.145. The average molecular weight is 325 g/mol. The Morgan fingerprint density at radius 3 is 2.21 bits per heavy atom. The van der Waals surface area contributed by atoms with Gasteiger partial charge in [0.05, 0.1) is 7.11 Å². The van der Waals surface area contributed by atoms with Crippen molar-refractivity contribution in [3.63, 3.8) is 0 Å². The Morgan fingerprint density at radius 2 is 1.62 bits per heavy atom. The summed E-state index contributed by atoms with van der Waals surface area (Å²) in [6.07, 6.45) is 1.91. The van der Waals surface area contributed by atoms with Crippen LogP contribution in [0, 0.1) is 0 Å². The van der Waals surface area contributed by atoms with E-state index in [1.54, 1.807) is 36.4 Å². The number of methoxy groups -OCH3 is 1. The molecule has 0 bridgehead atoms. The topological polar surface area (TPSA) is 75.6 Å². The van der Waals surface area contributed by atoms with Gasteiger partial charge in [-0.2, -0.15) is 0 Å². The number of aliphatic hydroxyl groups excluding tert-OH is 1. The summed E-state index contributed by atoms with van der Waals surface area (Å²) in [4.78, 5) is 24.1. The largest absolute Gasteiger partial charge is 0.467 e. The van der Waals surface area contributed by atoms with Crippen LogP contribution >= 0.6 is 0 Å². The molecule has 2 rings (SSSR count). The molecule has 5 nitrogen and oxygen atoms in total. The van der Waals surface area contributed by atoms with Crippen LogP contribution < -0.4 is 5.32 Å². The van der Waals surface area contributed by atoms with Gasteiger partial charge in [0, 0.05) is 5.56 Å². The first-order chi connectivity index (χ1) is 11.6. The number of carbonyl (C=O) groups is 2. The molecule has 2 aromatic carbocycles. The van der Waals surface area contributed by atoms with E-state index in [4.69, 9.17) is 0 Å². The minimum atomic E-state index is -1.22. The maximum absolute atomic E-state index is 12.2. The van der Waals surface area contributed by atoms with E-state index in [0.717, 1.165) is 5.56 Å². The van der Waals surface area contributed by atoms with Gasteiger partial charge in [-0.15, -0.1) is 0 Å². The van der Waals surface area contributed by atoms with E-state index >= 15 is 0 Å². The van der Waals surface area contributed by atoms with Gasteiger partial charge in [-0.05, 0) is 17.7 Å². The van der Waals surface area contributed by atoms with Gasteiger partial charge in [0.15, 0.2) is 6.04 Å². The SMILES string of the molecule is COC(=O)[C@H](NC(=O)c1ccccc1)[C@@H](O)/C=C/c1ccccc1. The van der Waals surface area contributed by atoms with Crippen molar-refractivity contribution in [2.24, 2.45) is 0 Å². The quantitative estimate of drug-likeness (QED) is 0.797. The molecule has 0 saturated carbocycles. The van der Waals surface area contributed by atoms with E-state index in [1.807, 2.05) is 30.3 Å². The van der Waals surface area contributed by atoms with Gasteiger partial charge >= 0.3 is 5.97 Å². The molecule has 0 fully saturated rings. The monoisotopic (exact) mass is 325 g/mol. The summed E-state index contributed by atoms with van der Waals surface area (Å²) in [5.41, 5.74) is 1.26. The minimum Gasteiger partial charge on any atom is -0.467 e. The molecule has 0 radical (unpaired) electrons. The first-order valence-corrected chi connectivity index (χ1v) is 7.47. The van der Waals surface area contributed by atoms with Gasteiger partial charge in [0.2, 0.25) is 0 Å². The second-order valence-electron chi connectivity index (χ2n) is 5.10. The number of nitrogens with one attached hydrogen (secondary N) is 1. The molecule has 2 N–H and O–H groups in total. The lowest BCUT2D eigenvalue weighted by Gasteiger charge is -2.19. The zero-order chi connectivity index (χ0) is 17.4. The Hall–Kier alpha value is -2.92. The number of carbonyl (C=O) groups excluding carboxylic acids is 2. The number of benzene rings is 2. The second kappa shape index (κ2) is 8.64. The van der Waals surface area contributed by atoms with Crippen LogP contribution in [0.15, 0.2) is 66.7 Å². The van der Waals surface area contributed by atoms with Gasteiger partial charge in [-0.3, -0.25) is 4.79 Å². The van der Waals surface area contributed by atoms with E-state index in [9.17, 15) is 14.7 Å². The highest BCUT2D eigenvalue weighted by Gasteiger charge is 2.28. The van der Waals surface area contributed by atoms with Crippen LogP contribution in [0.5, 0.6) is 0 Å². The molecule has 0 unspecified atom stereocenters. The van der Waals surface area contributed by atoms with E-state index in [2.05, 4.69) is 10.1 Å². The molecule has 0 aliphatic heterocycles. The third-order valence-electron chi connectivity index (χ3n) is 3.40. The summed E-state index contributed by atoms with van der Waals surface area (Å²) in [5.74, 6) is -1.18. The van der Waals surface area contributed by atoms with Crippen molar-refractivity contribution in [1.82, 2.24) is 5.32 Å². The highest BCUT2D eigenvalue weighted by atomic mass is 16.5. The summed E-state index contributed by atoms with van der Waals surface area (Å²) < 4.78 is 4.67. The fourth-order valence-corrected chi connectivity index (χ4v) is 2.11. The van der Waals surface area contributed by atoms with E-state index in [1.165, 1.54) is 13.2 Å². The van der Waals surface area contributed by atoms with Crippen molar-refractivity contribution >= 4 is 18.0 Å². The molecule has 0 saturated heterocycles. The molecular formula is C19H19NO4. The summed E-state index contributed by atoms with van der Waals surface area (Å²) in [7, 11) is 1.21. The van der Waals surface area contributed by atoms with Gasteiger partial charge in [0.25, 0.3) is 5.91 Å². The zero-order valence-electron chi connectivity index (χ0n) is 13.3. The maximum Gasteiger partial charge on any atom is 0.331 e. The predicted octanol–water partition coefficient (Wildman–Crippen LogP) is 2.03. The summed E-state index contributed by atoms with van der Waals surface area (Å²) in [6, 6.07) is 16.6. The molecule has 0 spiro atoms. The van der Waals surface area contributed by atoms with Gasteiger partial charge in [-0.1, -0.05) is 60.7 Å². The highest BCUT2D eigenvalue weighted by Crippen LogP contribution is 2.07. The second-order valence-corrected chi connectivity index (χ2v) is 5.10. The summed E-state index contributed by atoms with van der Waals surface area (Å²) in [5, 5.41) is 12.8. The maximum atomic E-state index is 12.2. The zero-order valence-corrected chi connectivity index (χ0v) is 13.3. The molecule has 124 valence electrons. The number of hydrogen-bond donors (Lipinski definition) is 2. The van der Waals surface area contributed by atoms with Crippen molar-refractivity contribution in [1.29, 1.82) is 0 Å². The Labute approximate surface area is 140 Å². The van der Waals surface area contributed by atoms with Crippen LogP contribution in [0.1, 0.15) is 15.9 Å². The van der Waals surface area contributed by atoms with E-state index < -0.39 is 24.0 Å². The lowest BCUT2D eigenvalue weighted by Crippen LogP contribution is -2.48. The molecule has 24 heavy (non-hydrogen) atoms. The molecule has 0 aromatic heterocycles. The number of hydrogen-bond acceptors (Lipinski definition) is 4. The van der Waals surface area contributed by atoms with E-state index in [0.29, 0.717) is 5.56 Å². The summed E-state index contributed by atoms with van der Waals surface area (Å²) in [6.45, 7) is 0. The fraction of sp³-hybridized carbons (Fsp3) is 0.158. The number of rotatable bonds is 6. The van der Waals surface area contributed by atoms with Gasteiger partial charge < -0.3 is 15.2 Å². The Bertz CT molecular complexity index is 698. The number of aliphatic hydroxyl groups is 1. The third-order valence-corrected chi connectivity index (χ3v) is 3.40. The lowest BCUT2D eigenvalue weighted by atomic mass is 10.1. The average Bonchev–Trinajstić information content (AvgIpc) is 2.65. The molecule has 2 aromatic rings. The van der Waals surface area contributed by atoms with Crippen molar-refractivity contribution in [3.05, 3.63) is 77.9 Å². The van der Waals surface area contributed by atoms with Crippen molar-refractivity contribution < 1.29 is 19.4 Å². The van der Waals surface area contributed by atoms with Crippen molar-refractivity contribution in [2.75, 3.05) is 7.11 Å². The minimum absolute atomic E-state index is 0.394. The highest BCUT2D eigenvalue weighted by molar-refractivity contribution is 5.97. The standard InChI is InChI=1S/C19H19NO4/c1-24-19(23)17(20-18(22)15-10-6-3-7-11-15)16(21)13-12-14-8-4-2-5-9-14/h2-13,16-17,21H,1H3,(H,20,22)/b13-12+/t16-,17+/m0/s1. The Kier molecular flexibility index (Phi) is 6.28. The Balaban J connectivity index is 2.11. The molecule has 0 heterocycles. The Morgan fingerprint density at radius 1 is 1.04 bits per heavy atom. The third kappa shape index (κ3) is 4.79. The van der Waals surface area contributed by atoms with Gasteiger partial charge in [-0.25, -0.2) is 4.79 Å². The molecule has 5 heteroatoms. The van der Waals surface area contributed by atoms with Crippen LogP contribution in [0.2, 0.25) is 0 Å². The molecule has 2 atom stereocenters. The number of esters is 1. The normalized spacial score (nSPS) is 13.2.